The molecule has 0 aliphatic carbocycles. The summed E-state index contributed by atoms with van der Waals surface area (Å²) in [4.78, 5) is 13.8. The number of nitriles is 1. The fourth-order valence-electron chi connectivity index (χ4n) is 1.49. The summed E-state index contributed by atoms with van der Waals surface area (Å²) in [5.41, 5.74) is 0.270. The van der Waals surface area contributed by atoms with Gasteiger partial charge in [-0.3, -0.25) is 10.1 Å². The molecule has 0 saturated heterocycles. The van der Waals surface area contributed by atoms with Gasteiger partial charge >= 0.3 is 0 Å². The molecule has 0 aliphatic heterocycles. The van der Waals surface area contributed by atoms with Gasteiger partial charge in [0, 0.05) is 18.2 Å². The fourth-order valence-corrected chi connectivity index (χ4v) is 1.49. The fraction of sp³-hybridized carbons (Fsp3) is 0.0769. The molecule has 0 bridgehead atoms. The zero-order chi connectivity index (χ0) is 14.5. The van der Waals surface area contributed by atoms with Crippen molar-refractivity contribution in [3.63, 3.8) is 0 Å². The summed E-state index contributed by atoms with van der Waals surface area (Å²) in [7, 11) is 1.45. The standard InChI is InChI=1S/C13H9N3O4/c1-19-12-6-11(4-2-9(12)7-14)20-13-5-3-10(8-15-13)16(17)18/h2-6,8H,1H3. The minimum absolute atomic E-state index is 0.116. The molecule has 2 rings (SSSR count). The minimum atomic E-state index is -0.540. The molecule has 7 heteroatoms. The number of hydrogen-bond donors (Lipinski definition) is 0. The third-order valence-electron chi connectivity index (χ3n) is 2.45. The molecule has 2 aromatic rings. The smallest absolute Gasteiger partial charge is 0.287 e. The highest BCUT2D eigenvalue weighted by molar-refractivity contribution is 5.48. The van der Waals surface area contributed by atoms with Crippen LogP contribution in [0.2, 0.25) is 0 Å². The summed E-state index contributed by atoms with van der Waals surface area (Å²) in [5, 5.41) is 19.4. The largest absolute Gasteiger partial charge is 0.495 e. The number of pyridine rings is 1. The van der Waals surface area contributed by atoms with Gasteiger partial charge in [-0.2, -0.15) is 5.26 Å². The summed E-state index contributed by atoms with van der Waals surface area (Å²) < 4.78 is 10.5. The SMILES string of the molecule is COc1cc(Oc2ccc([N+](=O)[O-])cn2)ccc1C#N. The van der Waals surface area contributed by atoms with E-state index in [1.807, 2.05) is 6.07 Å². The van der Waals surface area contributed by atoms with E-state index in [0.29, 0.717) is 17.1 Å². The Bertz CT molecular complexity index is 677. The average molecular weight is 271 g/mol. The van der Waals surface area contributed by atoms with Crippen LogP contribution < -0.4 is 9.47 Å². The molecule has 0 unspecified atom stereocenters. The third kappa shape index (κ3) is 2.81. The predicted molar refractivity (Wildman–Crippen MR) is 68.7 cm³/mol. The monoisotopic (exact) mass is 271 g/mol. The average Bonchev–Trinajstić information content (AvgIpc) is 2.47. The summed E-state index contributed by atoms with van der Waals surface area (Å²) in [6.07, 6.45) is 1.11. The Morgan fingerprint density at radius 1 is 1.35 bits per heavy atom. The van der Waals surface area contributed by atoms with E-state index in [1.54, 1.807) is 18.2 Å². The molecule has 0 spiro atoms. The first-order valence-corrected chi connectivity index (χ1v) is 5.50. The maximum atomic E-state index is 10.5. The van der Waals surface area contributed by atoms with Crippen LogP contribution in [0.25, 0.3) is 0 Å². The molecule has 1 aromatic carbocycles. The molecule has 0 radical (unpaired) electrons. The van der Waals surface area contributed by atoms with Crippen molar-refractivity contribution < 1.29 is 14.4 Å². The lowest BCUT2D eigenvalue weighted by atomic mass is 10.2. The van der Waals surface area contributed by atoms with Crippen molar-refractivity contribution in [2.45, 2.75) is 0 Å². The molecule has 100 valence electrons. The first-order valence-electron chi connectivity index (χ1n) is 5.50. The topological polar surface area (TPSA) is 98.3 Å². The molecule has 0 amide bonds. The number of rotatable bonds is 4. The van der Waals surface area contributed by atoms with Crippen molar-refractivity contribution in [1.82, 2.24) is 4.98 Å². The van der Waals surface area contributed by atoms with Gasteiger partial charge in [-0.15, -0.1) is 0 Å². The van der Waals surface area contributed by atoms with Crippen LogP contribution in [0, 0.1) is 21.4 Å². The van der Waals surface area contributed by atoms with Crippen LogP contribution in [0.5, 0.6) is 17.4 Å². The summed E-state index contributed by atoms with van der Waals surface area (Å²) in [6.45, 7) is 0. The second-order valence-corrected chi connectivity index (χ2v) is 3.69. The van der Waals surface area contributed by atoms with E-state index in [9.17, 15) is 10.1 Å². The quantitative estimate of drug-likeness (QED) is 0.626. The van der Waals surface area contributed by atoms with Crippen molar-refractivity contribution in [2.24, 2.45) is 0 Å². The first kappa shape index (κ1) is 13.3. The van der Waals surface area contributed by atoms with E-state index in [-0.39, 0.29) is 11.6 Å². The molecule has 0 saturated carbocycles. The van der Waals surface area contributed by atoms with Crippen LogP contribution in [0.4, 0.5) is 5.69 Å². The van der Waals surface area contributed by atoms with Crippen LogP contribution >= 0.6 is 0 Å². The van der Waals surface area contributed by atoms with E-state index >= 15 is 0 Å². The van der Waals surface area contributed by atoms with Gasteiger partial charge < -0.3 is 9.47 Å². The number of methoxy groups -OCH3 is 1. The van der Waals surface area contributed by atoms with Crippen LogP contribution in [-0.2, 0) is 0 Å². The minimum Gasteiger partial charge on any atom is -0.495 e. The number of aromatic nitrogens is 1. The Morgan fingerprint density at radius 3 is 2.70 bits per heavy atom. The second-order valence-electron chi connectivity index (χ2n) is 3.69. The van der Waals surface area contributed by atoms with Crippen molar-refractivity contribution in [2.75, 3.05) is 7.11 Å². The molecule has 0 aliphatic rings. The summed E-state index contributed by atoms with van der Waals surface area (Å²) in [6, 6.07) is 9.36. The normalized spacial score (nSPS) is 9.60. The van der Waals surface area contributed by atoms with E-state index in [1.165, 1.54) is 19.2 Å². The highest BCUT2D eigenvalue weighted by Crippen LogP contribution is 2.27. The summed E-state index contributed by atoms with van der Waals surface area (Å²) in [5.74, 6) is 1.01. The van der Waals surface area contributed by atoms with Crippen molar-refractivity contribution >= 4 is 5.69 Å². The van der Waals surface area contributed by atoms with Gasteiger partial charge in [0.1, 0.15) is 23.8 Å². The van der Waals surface area contributed by atoms with Gasteiger partial charge in [-0.25, -0.2) is 4.98 Å². The summed E-state index contributed by atoms with van der Waals surface area (Å²) >= 11 is 0. The maximum absolute atomic E-state index is 10.5. The number of nitrogens with zero attached hydrogens (tertiary/aromatic N) is 3. The van der Waals surface area contributed by atoms with E-state index < -0.39 is 4.92 Å². The van der Waals surface area contributed by atoms with Gasteiger partial charge in [0.05, 0.1) is 17.6 Å². The molecule has 1 heterocycles. The van der Waals surface area contributed by atoms with Crippen LogP contribution in [0.15, 0.2) is 36.5 Å². The van der Waals surface area contributed by atoms with Gasteiger partial charge in [0.2, 0.25) is 5.88 Å². The molecular formula is C13H9N3O4. The molecule has 7 nitrogen and oxygen atoms in total. The number of benzene rings is 1. The lowest BCUT2D eigenvalue weighted by Crippen LogP contribution is -1.93. The van der Waals surface area contributed by atoms with Crippen LogP contribution in [0.1, 0.15) is 5.56 Å². The van der Waals surface area contributed by atoms with Gasteiger partial charge in [-0.05, 0) is 12.1 Å². The van der Waals surface area contributed by atoms with Crippen molar-refractivity contribution in [1.29, 1.82) is 5.26 Å². The molecule has 0 atom stereocenters. The Kier molecular flexibility index (Phi) is 3.77. The Labute approximate surface area is 114 Å². The van der Waals surface area contributed by atoms with Crippen molar-refractivity contribution in [3.8, 4) is 23.4 Å². The van der Waals surface area contributed by atoms with Crippen LogP contribution in [0.3, 0.4) is 0 Å². The van der Waals surface area contributed by atoms with Gasteiger partial charge in [0.15, 0.2) is 0 Å². The van der Waals surface area contributed by atoms with Gasteiger partial charge in [-0.1, -0.05) is 0 Å². The molecule has 0 fully saturated rings. The molecule has 1 aromatic heterocycles. The highest BCUT2D eigenvalue weighted by atomic mass is 16.6. The number of hydrogen-bond acceptors (Lipinski definition) is 6. The Balaban J connectivity index is 2.22. The number of nitro groups is 1. The highest BCUT2D eigenvalue weighted by Gasteiger charge is 2.08. The number of ether oxygens (including phenoxy) is 2. The lowest BCUT2D eigenvalue weighted by molar-refractivity contribution is -0.385. The van der Waals surface area contributed by atoms with E-state index in [0.717, 1.165) is 6.20 Å². The van der Waals surface area contributed by atoms with E-state index in [4.69, 9.17) is 14.7 Å². The van der Waals surface area contributed by atoms with Gasteiger partial charge in [0.25, 0.3) is 5.69 Å². The predicted octanol–water partition coefficient (Wildman–Crippen LogP) is 2.66. The zero-order valence-electron chi connectivity index (χ0n) is 10.4. The third-order valence-corrected chi connectivity index (χ3v) is 2.45. The molecule has 20 heavy (non-hydrogen) atoms. The van der Waals surface area contributed by atoms with E-state index in [2.05, 4.69) is 4.98 Å². The second kappa shape index (κ2) is 5.67. The molecule has 0 N–H and O–H groups in total. The maximum Gasteiger partial charge on any atom is 0.287 e. The zero-order valence-corrected chi connectivity index (χ0v) is 10.4. The molecular weight excluding hydrogens is 262 g/mol. The first-order chi connectivity index (χ1) is 9.63. The Morgan fingerprint density at radius 2 is 2.15 bits per heavy atom. The van der Waals surface area contributed by atoms with Crippen molar-refractivity contribution in [3.05, 3.63) is 52.2 Å². The van der Waals surface area contributed by atoms with Crippen LogP contribution in [-0.4, -0.2) is 17.0 Å². The Hall–Kier alpha value is -3.14. The lowest BCUT2D eigenvalue weighted by Gasteiger charge is -2.07.